The van der Waals surface area contributed by atoms with E-state index in [0.717, 1.165) is 60.5 Å². The molecule has 0 saturated carbocycles. The van der Waals surface area contributed by atoms with E-state index in [-0.39, 0.29) is 56.8 Å². The molecule has 2 N–H and O–H groups in total. The summed E-state index contributed by atoms with van der Waals surface area (Å²) in [6.45, 7) is 11.9. The van der Waals surface area contributed by atoms with Gasteiger partial charge in [0.2, 0.25) is 11.8 Å². The highest BCUT2D eigenvalue weighted by Crippen LogP contribution is 2.36. The molecule has 0 aliphatic heterocycles. The summed E-state index contributed by atoms with van der Waals surface area (Å²) in [7, 11) is 0. The number of unbranched alkanes of at least 4 members (excludes halogenated alkanes) is 2. The Morgan fingerprint density at radius 2 is 0.939 bits per heavy atom. The lowest BCUT2D eigenvalue weighted by molar-refractivity contribution is 0.0419. The van der Waals surface area contributed by atoms with Crippen molar-refractivity contribution >= 4 is 34.7 Å². The number of nitrogens with zero attached hydrogens (tertiary/aromatic N) is 8. The van der Waals surface area contributed by atoms with Gasteiger partial charge in [-0.15, -0.1) is 10.2 Å². The summed E-state index contributed by atoms with van der Waals surface area (Å²) in [6, 6.07) is 21.5. The van der Waals surface area contributed by atoms with E-state index in [1.54, 1.807) is 48.5 Å². The maximum atomic E-state index is 13.6. The normalized spacial score (nSPS) is 12.2. The van der Waals surface area contributed by atoms with Crippen molar-refractivity contribution in [3.05, 3.63) is 127 Å². The second-order valence-electron chi connectivity index (χ2n) is 15.9. The number of esters is 2. The van der Waals surface area contributed by atoms with Crippen molar-refractivity contribution in [2.45, 2.75) is 92.9 Å². The van der Waals surface area contributed by atoms with Crippen LogP contribution in [0.15, 0.2) is 103 Å². The maximum Gasteiger partial charge on any atom is 0.338 e. The smallest absolute Gasteiger partial charge is 0.338 e. The lowest BCUT2D eigenvalue weighted by Crippen LogP contribution is -2.23. The van der Waals surface area contributed by atoms with Gasteiger partial charge in [0.1, 0.15) is 23.3 Å². The van der Waals surface area contributed by atoms with Gasteiger partial charge in [0, 0.05) is 11.1 Å². The molecule has 66 heavy (non-hydrogen) atoms. The van der Waals surface area contributed by atoms with E-state index < -0.39 is 34.8 Å². The van der Waals surface area contributed by atoms with Gasteiger partial charge in [0.25, 0.3) is 11.1 Å². The minimum absolute atomic E-state index is 0.0612. The molecule has 2 unspecified atom stereocenters. The van der Waals surface area contributed by atoms with Crippen molar-refractivity contribution in [2.75, 3.05) is 13.2 Å². The van der Waals surface area contributed by atoms with Gasteiger partial charge in [-0.2, -0.15) is 20.8 Å². The van der Waals surface area contributed by atoms with Gasteiger partial charge >= 0.3 is 11.9 Å². The highest BCUT2D eigenvalue weighted by molar-refractivity contribution is 5.90. The van der Waals surface area contributed by atoms with E-state index >= 15 is 0 Å². The molecule has 16 nitrogen and oxygen atoms in total. The lowest BCUT2D eigenvalue weighted by atomic mass is 10.0. The lowest BCUT2D eigenvalue weighted by Gasteiger charge is -2.16. The summed E-state index contributed by atoms with van der Waals surface area (Å²) in [6.07, 6.45) is 8.04. The van der Waals surface area contributed by atoms with E-state index in [9.17, 15) is 39.9 Å². The fourth-order valence-electron chi connectivity index (χ4n) is 7.15. The van der Waals surface area contributed by atoms with Gasteiger partial charge in [-0.3, -0.25) is 9.59 Å². The molecule has 5 aromatic rings. The number of ether oxygens (including phenoxy) is 2. The third-order valence-electron chi connectivity index (χ3n) is 11.5. The number of azo groups is 2. The molecule has 0 fully saturated rings. The SMILES string of the molecule is CCCCC(CC)COC(=O)c1ccc(N=Nc2c(C)c(C#N)c(=O)n(-c3ccc(-n4c(O)c(N=Nc5ccc(C(=O)OCC(CC)CCCC)cc5)c(C)c(C#N)c4=O)cc3)c2O)cc1. The Balaban J connectivity index is 1.40. The standard InChI is InChI=1S/C50H54N8O8/c1-7-11-13-33(9-3)29-65-49(63)35-15-19-37(20-16-35)53-55-43-31(5)41(27-51)45(59)57(47(43)61)39-23-25-40(26-24-39)58-46(60)42(28-52)32(6)44(48(58)62)56-54-38-21-17-36(18-22-38)50(64)66-30-34(10-4)14-12-8-2/h15-26,33-34,61-62H,7-14,29-30H2,1-6H3. The fraction of sp³-hybridized carbons (Fsp3) is 0.360. The fourth-order valence-corrected chi connectivity index (χ4v) is 7.15. The number of rotatable bonds is 20. The molecule has 0 bridgehead atoms. The molecule has 0 aliphatic rings. The van der Waals surface area contributed by atoms with Crippen molar-refractivity contribution in [1.82, 2.24) is 9.13 Å². The van der Waals surface area contributed by atoms with Crippen LogP contribution in [0, 0.1) is 48.3 Å². The largest absolute Gasteiger partial charge is 0.493 e. The van der Waals surface area contributed by atoms with E-state index in [1.807, 2.05) is 12.1 Å². The molecule has 0 amide bonds. The minimum atomic E-state index is -0.857. The van der Waals surface area contributed by atoms with Crippen LogP contribution < -0.4 is 11.1 Å². The van der Waals surface area contributed by atoms with Gasteiger partial charge in [0.05, 0.1) is 47.1 Å². The summed E-state index contributed by atoms with van der Waals surface area (Å²) in [4.78, 5) is 52.6. The molecular weight excluding hydrogens is 841 g/mol. The molecule has 2 aromatic heterocycles. The summed E-state index contributed by atoms with van der Waals surface area (Å²) >= 11 is 0. The summed E-state index contributed by atoms with van der Waals surface area (Å²) in [5.41, 5.74) is -1.14. The van der Waals surface area contributed by atoms with Gasteiger partial charge < -0.3 is 19.7 Å². The van der Waals surface area contributed by atoms with Crippen LogP contribution >= 0.6 is 0 Å². The quantitative estimate of drug-likeness (QED) is 0.0554. The number of aromatic nitrogens is 2. The number of hydrogen-bond donors (Lipinski definition) is 2. The van der Waals surface area contributed by atoms with Crippen molar-refractivity contribution in [3.63, 3.8) is 0 Å². The van der Waals surface area contributed by atoms with Crippen molar-refractivity contribution < 1.29 is 29.3 Å². The molecule has 0 spiro atoms. The third kappa shape index (κ3) is 11.5. The Kier molecular flexibility index (Phi) is 17.4. The third-order valence-corrected chi connectivity index (χ3v) is 11.5. The number of hydrogen-bond acceptors (Lipinski definition) is 14. The molecule has 16 heteroatoms. The zero-order chi connectivity index (χ0) is 47.9. The van der Waals surface area contributed by atoms with Gasteiger partial charge in [-0.25, -0.2) is 18.7 Å². The maximum absolute atomic E-state index is 13.6. The van der Waals surface area contributed by atoms with Gasteiger partial charge in [-0.05, 0) is 111 Å². The second kappa shape index (κ2) is 23.3. The van der Waals surface area contributed by atoms with E-state index in [0.29, 0.717) is 35.7 Å². The Bertz CT molecular complexity index is 2610. The number of pyridine rings is 2. The molecule has 5 rings (SSSR count). The number of benzene rings is 3. The number of nitriles is 2. The zero-order valence-corrected chi connectivity index (χ0v) is 38.1. The molecule has 3 aromatic carbocycles. The second-order valence-corrected chi connectivity index (χ2v) is 15.9. The average molecular weight is 895 g/mol. The molecule has 342 valence electrons. The summed E-state index contributed by atoms with van der Waals surface area (Å²) in [5.74, 6) is -1.62. The van der Waals surface area contributed by atoms with E-state index in [2.05, 4.69) is 48.2 Å². The van der Waals surface area contributed by atoms with E-state index in [4.69, 9.17) is 9.47 Å². The minimum Gasteiger partial charge on any atom is -0.493 e. The first kappa shape index (κ1) is 49.3. The highest BCUT2D eigenvalue weighted by Gasteiger charge is 2.23. The first-order chi connectivity index (χ1) is 31.8. The van der Waals surface area contributed by atoms with Crippen molar-refractivity contribution in [2.24, 2.45) is 32.3 Å². The summed E-state index contributed by atoms with van der Waals surface area (Å²) < 4.78 is 12.8. The van der Waals surface area contributed by atoms with Crippen molar-refractivity contribution in [1.29, 1.82) is 10.5 Å². The van der Waals surface area contributed by atoms with Gasteiger partial charge in [0.15, 0.2) is 11.4 Å². The average Bonchev–Trinajstić information content (AvgIpc) is 3.32. The molecule has 0 aliphatic carbocycles. The molecule has 2 heterocycles. The predicted molar refractivity (Wildman–Crippen MR) is 248 cm³/mol. The topological polar surface area (TPSA) is 234 Å². The Morgan fingerprint density at radius 3 is 1.24 bits per heavy atom. The summed E-state index contributed by atoms with van der Waals surface area (Å²) in [5, 5.41) is 59.6. The van der Waals surface area contributed by atoms with Crippen LogP contribution in [0.1, 0.15) is 122 Å². The van der Waals surface area contributed by atoms with Crippen LogP contribution in [0.2, 0.25) is 0 Å². The van der Waals surface area contributed by atoms with E-state index in [1.165, 1.54) is 38.1 Å². The Hall–Kier alpha value is -7.72. The van der Waals surface area contributed by atoms with Crippen LogP contribution in [0.3, 0.4) is 0 Å². The monoisotopic (exact) mass is 894 g/mol. The Labute approximate surface area is 383 Å². The Morgan fingerprint density at radius 1 is 0.591 bits per heavy atom. The van der Waals surface area contributed by atoms with Crippen LogP contribution in [-0.4, -0.2) is 44.5 Å². The highest BCUT2D eigenvalue weighted by atomic mass is 16.5. The molecule has 2 atom stereocenters. The zero-order valence-electron chi connectivity index (χ0n) is 38.1. The molecular formula is C50H54N8O8. The predicted octanol–water partition coefficient (Wildman–Crippen LogP) is 11.3. The number of aromatic hydroxyl groups is 2. The first-order valence-corrected chi connectivity index (χ1v) is 22.1. The van der Waals surface area contributed by atoms with Crippen LogP contribution in [0.25, 0.3) is 11.4 Å². The van der Waals surface area contributed by atoms with Crippen LogP contribution in [0.4, 0.5) is 22.7 Å². The van der Waals surface area contributed by atoms with Crippen molar-refractivity contribution in [3.8, 4) is 35.3 Å². The van der Waals surface area contributed by atoms with Crippen LogP contribution in [0.5, 0.6) is 11.8 Å². The van der Waals surface area contributed by atoms with Gasteiger partial charge in [-0.1, -0.05) is 66.2 Å². The van der Waals surface area contributed by atoms with Crippen LogP contribution in [-0.2, 0) is 9.47 Å². The number of carbonyl (C=O) groups is 2. The molecule has 0 saturated heterocycles. The first-order valence-electron chi connectivity index (χ1n) is 22.1. The molecule has 0 radical (unpaired) electrons. The number of carbonyl (C=O) groups excluding carboxylic acids is 2.